The van der Waals surface area contributed by atoms with Crippen LogP contribution in [-0.4, -0.2) is 14.8 Å². The third-order valence-electron chi connectivity index (χ3n) is 3.26. The number of aromatic nitrogens is 3. The van der Waals surface area contributed by atoms with Crippen molar-refractivity contribution in [1.82, 2.24) is 14.8 Å². The van der Waals surface area contributed by atoms with E-state index >= 15 is 0 Å². The first-order chi connectivity index (χ1) is 10.1. The van der Waals surface area contributed by atoms with Crippen molar-refractivity contribution in [1.29, 1.82) is 0 Å². The maximum Gasteiger partial charge on any atom is 0.150 e. The van der Waals surface area contributed by atoms with Crippen LogP contribution in [0.4, 0.5) is 10.2 Å². The van der Waals surface area contributed by atoms with Gasteiger partial charge in [-0.2, -0.15) is 5.10 Å². The molecule has 2 heterocycles. The highest BCUT2D eigenvalue weighted by molar-refractivity contribution is 9.10. The maximum atomic E-state index is 14.0. The highest BCUT2D eigenvalue weighted by Gasteiger charge is 2.21. The van der Waals surface area contributed by atoms with E-state index in [4.69, 9.17) is 5.73 Å². The molecule has 0 saturated carbocycles. The molecule has 2 aromatic heterocycles. The second-order valence-electron chi connectivity index (χ2n) is 4.57. The SMILES string of the molecule is Cn1nc(-c2ccncc2F)c(-c2ccccc2Br)c1N. The van der Waals surface area contributed by atoms with Crippen LogP contribution in [0.25, 0.3) is 22.4 Å². The molecule has 4 nitrogen and oxygen atoms in total. The molecule has 2 N–H and O–H groups in total. The maximum absolute atomic E-state index is 14.0. The lowest BCUT2D eigenvalue weighted by molar-refractivity contribution is 0.623. The molecule has 0 spiro atoms. The monoisotopic (exact) mass is 346 g/mol. The van der Waals surface area contributed by atoms with Crippen molar-refractivity contribution < 1.29 is 4.39 Å². The minimum Gasteiger partial charge on any atom is -0.383 e. The van der Waals surface area contributed by atoms with Gasteiger partial charge in [0.05, 0.1) is 11.8 Å². The first kappa shape index (κ1) is 13.8. The summed E-state index contributed by atoms with van der Waals surface area (Å²) in [5.74, 6) is 0.0528. The lowest BCUT2D eigenvalue weighted by atomic mass is 10.0. The zero-order chi connectivity index (χ0) is 15.0. The number of benzene rings is 1. The van der Waals surface area contributed by atoms with Gasteiger partial charge in [-0.05, 0) is 12.1 Å². The number of pyridine rings is 1. The Bertz CT molecular complexity index is 813. The number of nitrogens with zero attached hydrogens (tertiary/aromatic N) is 3. The van der Waals surface area contributed by atoms with E-state index in [1.165, 1.54) is 12.4 Å². The smallest absolute Gasteiger partial charge is 0.150 e. The van der Waals surface area contributed by atoms with E-state index in [1.807, 2.05) is 24.3 Å². The van der Waals surface area contributed by atoms with Crippen LogP contribution in [0.1, 0.15) is 0 Å². The van der Waals surface area contributed by atoms with E-state index < -0.39 is 5.82 Å². The van der Waals surface area contributed by atoms with Crippen molar-refractivity contribution in [3.63, 3.8) is 0 Å². The average Bonchev–Trinajstić information content (AvgIpc) is 2.76. The molecule has 0 atom stereocenters. The van der Waals surface area contributed by atoms with Crippen molar-refractivity contribution in [3.8, 4) is 22.4 Å². The Morgan fingerprint density at radius 1 is 1.19 bits per heavy atom. The van der Waals surface area contributed by atoms with Crippen LogP contribution >= 0.6 is 15.9 Å². The number of nitrogen functional groups attached to an aromatic ring is 1. The third kappa shape index (κ3) is 2.31. The van der Waals surface area contributed by atoms with Gasteiger partial charge in [0.25, 0.3) is 0 Å². The van der Waals surface area contributed by atoms with Gasteiger partial charge in [0.15, 0.2) is 5.82 Å². The Labute approximate surface area is 129 Å². The summed E-state index contributed by atoms with van der Waals surface area (Å²) in [4.78, 5) is 3.77. The molecule has 0 amide bonds. The predicted octanol–water partition coefficient (Wildman–Crippen LogP) is 3.63. The van der Waals surface area contributed by atoms with Crippen LogP contribution in [0.5, 0.6) is 0 Å². The minimum atomic E-state index is -0.427. The van der Waals surface area contributed by atoms with E-state index in [0.717, 1.165) is 10.0 Å². The number of rotatable bonds is 2. The third-order valence-corrected chi connectivity index (χ3v) is 3.95. The number of nitrogens with two attached hydrogens (primary N) is 1. The lowest BCUT2D eigenvalue weighted by Gasteiger charge is -2.07. The minimum absolute atomic E-state index is 0.378. The summed E-state index contributed by atoms with van der Waals surface area (Å²) in [5, 5.41) is 4.36. The molecule has 0 aliphatic rings. The van der Waals surface area contributed by atoms with Crippen LogP contribution < -0.4 is 5.73 Å². The van der Waals surface area contributed by atoms with Gasteiger partial charge in [0, 0.05) is 28.8 Å². The molecule has 0 bridgehead atoms. The summed E-state index contributed by atoms with van der Waals surface area (Å²) < 4.78 is 16.5. The Morgan fingerprint density at radius 2 is 1.95 bits per heavy atom. The van der Waals surface area contributed by atoms with Gasteiger partial charge in [-0.25, -0.2) is 4.39 Å². The Hall–Kier alpha value is -2.21. The van der Waals surface area contributed by atoms with Crippen LogP contribution in [-0.2, 0) is 7.05 Å². The molecule has 0 unspecified atom stereocenters. The fourth-order valence-corrected chi connectivity index (χ4v) is 2.71. The molecule has 0 aliphatic carbocycles. The van der Waals surface area contributed by atoms with Gasteiger partial charge in [0.1, 0.15) is 11.5 Å². The Balaban J connectivity index is 2.32. The second-order valence-corrected chi connectivity index (χ2v) is 5.42. The number of aryl methyl sites for hydroxylation is 1. The van der Waals surface area contributed by atoms with Gasteiger partial charge in [-0.3, -0.25) is 9.67 Å². The van der Waals surface area contributed by atoms with Gasteiger partial charge in [0.2, 0.25) is 0 Å². The fraction of sp³-hybridized carbons (Fsp3) is 0.0667. The van der Waals surface area contributed by atoms with Crippen LogP contribution in [0.3, 0.4) is 0 Å². The highest BCUT2D eigenvalue weighted by Crippen LogP contribution is 2.39. The standard InChI is InChI=1S/C15H12BrFN4/c1-21-15(18)13(9-4-2-3-5-11(9)16)14(20-21)10-6-7-19-8-12(10)17/h2-8H,18H2,1H3. The number of halogens is 2. The molecule has 0 saturated heterocycles. The number of hydrogen-bond donors (Lipinski definition) is 1. The van der Waals surface area contributed by atoms with E-state index in [0.29, 0.717) is 22.6 Å². The molecule has 106 valence electrons. The van der Waals surface area contributed by atoms with Gasteiger partial charge < -0.3 is 5.73 Å². The zero-order valence-corrected chi connectivity index (χ0v) is 12.8. The van der Waals surface area contributed by atoms with Crippen molar-refractivity contribution in [3.05, 3.63) is 53.0 Å². The van der Waals surface area contributed by atoms with Crippen LogP contribution in [0.2, 0.25) is 0 Å². The second kappa shape index (κ2) is 5.29. The Morgan fingerprint density at radius 3 is 2.67 bits per heavy atom. The summed E-state index contributed by atoms with van der Waals surface area (Å²) in [6, 6.07) is 9.23. The summed E-state index contributed by atoms with van der Waals surface area (Å²) in [6.07, 6.45) is 2.71. The molecule has 6 heteroatoms. The van der Waals surface area contributed by atoms with Crippen LogP contribution in [0.15, 0.2) is 47.2 Å². The van der Waals surface area contributed by atoms with E-state index in [2.05, 4.69) is 26.0 Å². The van der Waals surface area contributed by atoms with Gasteiger partial charge in [-0.15, -0.1) is 0 Å². The quantitative estimate of drug-likeness (QED) is 0.770. The molecule has 3 aromatic rings. The lowest BCUT2D eigenvalue weighted by Crippen LogP contribution is -1.98. The molecule has 21 heavy (non-hydrogen) atoms. The normalized spacial score (nSPS) is 10.8. The van der Waals surface area contributed by atoms with E-state index in [-0.39, 0.29) is 0 Å². The highest BCUT2D eigenvalue weighted by atomic mass is 79.9. The van der Waals surface area contributed by atoms with Gasteiger partial charge in [-0.1, -0.05) is 34.1 Å². The fourth-order valence-electron chi connectivity index (χ4n) is 2.22. The molecule has 3 rings (SSSR count). The average molecular weight is 347 g/mol. The van der Waals surface area contributed by atoms with Gasteiger partial charge >= 0.3 is 0 Å². The van der Waals surface area contributed by atoms with Crippen molar-refractivity contribution in [2.24, 2.45) is 7.05 Å². The summed E-state index contributed by atoms with van der Waals surface area (Å²) in [6.45, 7) is 0. The molecular formula is C15H12BrFN4. The number of anilines is 1. The zero-order valence-electron chi connectivity index (χ0n) is 11.2. The Kier molecular flexibility index (Phi) is 3.47. The largest absolute Gasteiger partial charge is 0.383 e. The molecule has 1 aromatic carbocycles. The molecule has 0 radical (unpaired) electrons. The first-order valence-electron chi connectivity index (χ1n) is 6.27. The topological polar surface area (TPSA) is 56.7 Å². The summed E-state index contributed by atoms with van der Waals surface area (Å²) >= 11 is 3.50. The van der Waals surface area contributed by atoms with Crippen molar-refractivity contribution in [2.45, 2.75) is 0 Å². The van der Waals surface area contributed by atoms with Crippen molar-refractivity contribution >= 4 is 21.7 Å². The number of hydrogen-bond acceptors (Lipinski definition) is 3. The molecule has 0 aliphatic heterocycles. The predicted molar refractivity (Wildman–Crippen MR) is 83.9 cm³/mol. The van der Waals surface area contributed by atoms with Crippen molar-refractivity contribution in [2.75, 3.05) is 5.73 Å². The van der Waals surface area contributed by atoms with E-state index in [1.54, 1.807) is 17.8 Å². The molecule has 0 fully saturated rings. The first-order valence-corrected chi connectivity index (χ1v) is 7.06. The van der Waals surface area contributed by atoms with Crippen LogP contribution in [0, 0.1) is 5.82 Å². The summed E-state index contributed by atoms with van der Waals surface area (Å²) in [7, 11) is 1.73. The summed E-state index contributed by atoms with van der Waals surface area (Å²) in [5.41, 5.74) is 8.59. The van der Waals surface area contributed by atoms with E-state index in [9.17, 15) is 4.39 Å². The molecular weight excluding hydrogens is 335 g/mol.